The summed E-state index contributed by atoms with van der Waals surface area (Å²) in [6.07, 6.45) is 1.43. The molecule has 1 amide bonds. The molecular formula is C19H14BrIN2O4. The summed E-state index contributed by atoms with van der Waals surface area (Å²) < 4.78 is 11.7. The smallest absolute Gasteiger partial charge is 0.308 e. The molecule has 0 aliphatic heterocycles. The minimum absolute atomic E-state index is 0.0798. The van der Waals surface area contributed by atoms with Gasteiger partial charge in [0.25, 0.3) is 5.91 Å². The summed E-state index contributed by atoms with van der Waals surface area (Å²) in [6, 6.07) is 12.3. The zero-order valence-electron chi connectivity index (χ0n) is 14.4. The first-order valence-electron chi connectivity index (χ1n) is 7.59. The molecule has 0 unspecified atom stereocenters. The number of carbonyl (C=O) groups excluding carboxylic acids is 2. The molecule has 0 aliphatic carbocycles. The van der Waals surface area contributed by atoms with Gasteiger partial charge in [0.1, 0.15) is 11.6 Å². The first-order valence-corrected chi connectivity index (χ1v) is 9.46. The number of esters is 1. The van der Waals surface area contributed by atoms with E-state index in [1.165, 1.54) is 20.1 Å². The topological polar surface area (TPSA) is 88.4 Å². The van der Waals surface area contributed by atoms with Gasteiger partial charge in [0.2, 0.25) is 0 Å². The Kier molecular flexibility index (Phi) is 7.38. The Morgan fingerprint density at radius 2 is 2.00 bits per heavy atom. The summed E-state index contributed by atoms with van der Waals surface area (Å²) in [5, 5.41) is 12.1. The van der Waals surface area contributed by atoms with Gasteiger partial charge in [-0.25, -0.2) is 0 Å². The number of anilines is 1. The Bertz CT molecular complexity index is 967. The van der Waals surface area contributed by atoms with E-state index in [-0.39, 0.29) is 11.3 Å². The van der Waals surface area contributed by atoms with Crippen molar-refractivity contribution in [1.29, 1.82) is 5.26 Å². The number of rotatable bonds is 5. The Morgan fingerprint density at radius 3 is 2.59 bits per heavy atom. The van der Waals surface area contributed by atoms with Crippen LogP contribution in [0.3, 0.4) is 0 Å². The molecule has 0 spiro atoms. The number of ether oxygens (including phenoxy) is 2. The molecule has 0 atom stereocenters. The van der Waals surface area contributed by atoms with Crippen LogP contribution in [0.25, 0.3) is 6.08 Å². The van der Waals surface area contributed by atoms with Gasteiger partial charge in [0.15, 0.2) is 11.5 Å². The molecule has 0 bridgehead atoms. The van der Waals surface area contributed by atoms with Crippen LogP contribution in [-0.2, 0) is 9.59 Å². The van der Waals surface area contributed by atoms with E-state index in [0.29, 0.717) is 21.5 Å². The number of hydrogen-bond acceptors (Lipinski definition) is 5. The average Bonchev–Trinajstić information content (AvgIpc) is 2.63. The maximum Gasteiger partial charge on any atom is 0.308 e. The second kappa shape index (κ2) is 9.53. The third-order valence-electron chi connectivity index (χ3n) is 3.30. The summed E-state index contributed by atoms with van der Waals surface area (Å²) in [7, 11) is 1.43. The van der Waals surface area contributed by atoms with Crippen LogP contribution in [0.15, 0.2) is 46.4 Å². The fourth-order valence-corrected chi connectivity index (χ4v) is 3.20. The van der Waals surface area contributed by atoms with Gasteiger partial charge in [-0.1, -0.05) is 12.1 Å². The molecule has 1 N–H and O–H groups in total. The zero-order valence-corrected chi connectivity index (χ0v) is 18.1. The molecule has 138 valence electrons. The van der Waals surface area contributed by atoms with Gasteiger partial charge in [0.05, 0.1) is 17.3 Å². The van der Waals surface area contributed by atoms with Crippen LogP contribution in [0.1, 0.15) is 12.5 Å². The van der Waals surface area contributed by atoms with Gasteiger partial charge in [-0.15, -0.1) is 0 Å². The summed E-state index contributed by atoms with van der Waals surface area (Å²) in [4.78, 5) is 23.7. The Balaban J connectivity index is 2.35. The quantitative estimate of drug-likeness (QED) is 0.198. The summed E-state index contributed by atoms with van der Waals surface area (Å²) in [6.45, 7) is 1.28. The van der Waals surface area contributed by atoms with Crippen molar-refractivity contribution in [3.63, 3.8) is 0 Å². The number of nitriles is 1. The van der Waals surface area contributed by atoms with Crippen LogP contribution < -0.4 is 14.8 Å². The summed E-state index contributed by atoms with van der Waals surface area (Å²) >= 11 is 5.41. The van der Waals surface area contributed by atoms with E-state index in [1.54, 1.807) is 24.3 Å². The Morgan fingerprint density at radius 1 is 1.30 bits per heavy atom. The molecule has 0 aromatic heterocycles. The number of nitrogens with one attached hydrogen (secondary N) is 1. The Labute approximate surface area is 178 Å². The second-order valence-electron chi connectivity index (χ2n) is 5.23. The van der Waals surface area contributed by atoms with E-state index in [1.807, 2.05) is 18.2 Å². The molecule has 27 heavy (non-hydrogen) atoms. The van der Waals surface area contributed by atoms with Crippen LogP contribution in [0.5, 0.6) is 11.5 Å². The maximum atomic E-state index is 12.4. The van der Waals surface area contributed by atoms with Crippen LogP contribution in [0.2, 0.25) is 0 Å². The van der Waals surface area contributed by atoms with Gasteiger partial charge < -0.3 is 14.8 Å². The standard InChI is InChI=1S/C19H14BrIN2O4/c1-11(24)27-18-14(20)8-12(9-17(18)26-2)7-13(10-22)19(25)23-16-6-4-3-5-15(16)21/h3-9H,1-2H3,(H,23,25)/b13-7-. The van der Waals surface area contributed by atoms with Gasteiger partial charge in [-0.2, -0.15) is 5.26 Å². The fourth-order valence-electron chi connectivity index (χ4n) is 2.13. The molecule has 0 heterocycles. The number of methoxy groups -OCH3 is 1. The zero-order chi connectivity index (χ0) is 20.0. The van der Waals surface area contributed by atoms with Crippen molar-refractivity contribution in [2.75, 3.05) is 12.4 Å². The summed E-state index contributed by atoms with van der Waals surface area (Å²) in [5.74, 6) is -0.502. The van der Waals surface area contributed by atoms with Crippen molar-refractivity contribution in [1.82, 2.24) is 0 Å². The lowest BCUT2D eigenvalue weighted by atomic mass is 10.1. The molecule has 0 saturated heterocycles. The lowest BCUT2D eigenvalue weighted by molar-refractivity contribution is -0.132. The number of carbonyl (C=O) groups is 2. The molecule has 0 fully saturated rings. The highest BCUT2D eigenvalue weighted by Crippen LogP contribution is 2.37. The Hall–Kier alpha value is -2.38. The van der Waals surface area contributed by atoms with Crippen molar-refractivity contribution in [3.8, 4) is 17.6 Å². The van der Waals surface area contributed by atoms with E-state index in [2.05, 4.69) is 43.8 Å². The predicted octanol–water partition coefficient (Wildman–Crippen LogP) is 4.53. The SMILES string of the molecule is COc1cc(/C=C(/C#N)C(=O)Nc2ccccc2I)cc(Br)c1OC(C)=O. The van der Waals surface area contributed by atoms with Crippen molar-refractivity contribution >= 4 is 62.2 Å². The van der Waals surface area contributed by atoms with Gasteiger partial charge >= 0.3 is 5.97 Å². The number of amides is 1. The third kappa shape index (κ3) is 5.55. The van der Waals surface area contributed by atoms with Crippen molar-refractivity contribution in [3.05, 3.63) is 55.6 Å². The lowest BCUT2D eigenvalue weighted by Gasteiger charge is -2.11. The highest BCUT2D eigenvalue weighted by molar-refractivity contribution is 14.1. The normalized spacial score (nSPS) is 10.7. The van der Waals surface area contributed by atoms with Crippen molar-refractivity contribution in [2.45, 2.75) is 6.92 Å². The minimum atomic E-state index is -0.527. The van der Waals surface area contributed by atoms with E-state index in [4.69, 9.17) is 9.47 Å². The first kappa shape index (κ1) is 20.9. The van der Waals surface area contributed by atoms with Crippen LogP contribution in [-0.4, -0.2) is 19.0 Å². The fraction of sp³-hybridized carbons (Fsp3) is 0.105. The average molecular weight is 541 g/mol. The summed E-state index contributed by atoms with van der Waals surface area (Å²) in [5.41, 5.74) is 1.07. The van der Waals surface area contributed by atoms with Gasteiger partial charge in [0, 0.05) is 10.5 Å². The number of para-hydroxylation sites is 1. The van der Waals surface area contributed by atoms with Crippen LogP contribution in [0.4, 0.5) is 5.69 Å². The molecule has 2 rings (SSSR count). The molecule has 0 aliphatic rings. The third-order valence-corrected chi connectivity index (χ3v) is 4.83. The molecule has 8 heteroatoms. The second-order valence-corrected chi connectivity index (χ2v) is 7.25. The highest BCUT2D eigenvalue weighted by atomic mass is 127. The molecule has 6 nitrogen and oxygen atoms in total. The van der Waals surface area contributed by atoms with Crippen molar-refractivity contribution < 1.29 is 19.1 Å². The number of hydrogen-bond donors (Lipinski definition) is 1. The van der Waals surface area contributed by atoms with E-state index in [0.717, 1.165) is 3.57 Å². The highest BCUT2D eigenvalue weighted by Gasteiger charge is 2.15. The van der Waals surface area contributed by atoms with E-state index < -0.39 is 11.9 Å². The molecule has 2 aromatic carbocycles. The monoisotopic (exact) mass is 540 g/mol. The van der Waals surface area contributed by atoms with Crippen LogP contribution in [0, 0.1) is 14.9 Å². The predicted molar refractivity (Wildman–Crippen MR) is 113 cm³/mol. The lowest BCUT2D eigenvalue weighted by Crippen LogP contribution is -2.14. The first-order chi connectivity index (χ1) is 12.8. The maximum absolute atomic E-state index is 12.4. The molecular weight excluding hydrogens is 527 g/mol. The largest absolute Gasteiger partial charge is 0.493 e. The van der Waals surface area contributed by atoms with Crippen LogP contribution >= 0.6 is 38.5 Å². The molecule has 0 saturated carbocycles. The number of benzene rings is 2. The molecule has 0 radical (unpaired) electrons. The van der Waals surface area contributed by atoms with Crippen molar-refractivity contribution in [2.24, 2.45) is 0 Å². The van der Waals surface area contributed by atoms with Gasteiger partial charge in [-0.3, -0.25) is 9.59 Å². The minimum Gasteiger partial charge on any atom is -0.493 e. The number of halogens is 2. The molecule has 2 aromatic rings. The number of nitrogens with zero attached hydrogens (tertiary/aromatic N) is 1. The van der Waals surface area contributed by atoms with E-state index >= 15 is 0 Å². The van der Waals surface area contributed by atoms with Gasteiger partial charge in [-0.05, 0) is 74.4 Å². The van der Waals surface area contributed by atoms with E-state index in [9.17, 15) is 14.9 Å².